The molecule has 0 radical (unpaired) electrons. The Balaban J connectivity index is 2.92. The van der Waals surface area contributed by atoms with Crippen LogP contribution in [0.15, 0.2) is 5.03 Å². The van der Waals surface area contributed by atoms with Gasteiger partial charge in [0.1, 0.15) is 5.69 Å². The lowest BCUT2D eigenvalue weighted by atomic mass is 10.4. The van der Waals surface area contributed by atoms with Gasteiger partial charge in [-0.05, 0) is 21.0 Å². The van der Waals surface area contributed by atoms with E-state index < -0.39 is 4.92 Å². The molecule has 94 valence electrons. The minimum absolute atomic E-state index is 0.0528. The molecule has 0 unspecified atom stereocenters. The van der Waals surface area contributed by atoms with Gasteiger partial charge in [-0.25, -0.2) is 4.98 Å². The zero-order chi connectivity index (χ0) is 13.0. The van der Waals surface area contributed by atoms with Crippen molar-refractivity contribution in [2.75, 3.05) is 32.1 Å². The van der Waals surface area contributed by atoms with E-state index in [1.165, 1.54) is 11.8 Å². The van der Waals surface area contributed by atoms with Gasteiger partial charge in [0.2, 0.25) is 5.95 Å². The summed E-state index contributed by atoms with van der Waals surface area (Å²) in [6.45, 7) is 2.37. The van der Waals surface area contributed by atoms with E-state index in [1.54, 1.807) is 6.92 Å². The monoisotopic (exact) mass is 257 g/mol. The molecule has 1 aromatic rings. The summed E-state index contributed by atoms with van der Waals surface area (Å²) < 4.78 is 0. The molecule has 0 aliphatic heterocycles. The van der Waals surface area contributed by atoms with E-state index >= 15 is 0 Å². The Hall–Kier alpha value is -1.41. The van der Waals surface area contributed by atoms with Crippen molar-refractivity contribution in [3.05, 3.63) is 15.8 Å². The van der Waals surface area contributed by atoms with Crippen LogP contribution < -0.4 is 5.73 Å². The SMILES string of the molecule is Cc1nc(N)nc(SCCN(C)C)c1[N+](=O)[O-]. The van der Waals surface area contributed by atoms with Gasteiger partial charge in [-0.2, -0.15) is 4.98 Å². The van der Waals surface area contributed by atoms with E-state index in [2.05, 4.69) is 9.97 Å². The molecule has 1 aromatic heterocycles. The standard InChI is InChI=1S/C9H15N5O2S/c1-6-7(14(15)16)8(12-9(10)11-6)17-5-4-13(2)3/h4-5H2,1-3H3,(H2,10,11,12). The molecule has 17 heavy (non-hydrogen) atoms. The summed E-state index contributed by atoms with van der Waals surface area (Å²) in [4.78, 5) is 20.2. The Labute approximate surface area is 104 Å². The maximum Gasteiger partial charge on any atom is 0.322 e. The summed E-state index contributed by atoms with van der Waals surface area (Å²) in [7, 11) is 3.88. The number of nitrogens with zero attached hydrogens (tertiary/aromatic N) is 4. The number of anilines is 1. The lowest BCUT2D eigenvalue weighted by Crippen LogP contribution is -2.15. The maximum absolute atomic E-state index is 10.9. The van der Waals surface area contributed by atoms with Crippen molar-refractivity contribution >= 4 is 23.4 Å². The lowest BCUT2D eigenvalue weighted by Gasteiger charge is -2.09. The number of nitro groups is 1. The van der Waals surface area contributed by atoms with Crippen LogP contribution in [0, 0.1) is 17.0 Å². The smallest absolute Gasteiger partial charge is 0.322 e. The molecule has 0 spiro atoms. The van der Waals surface area contributed by atoms with Crippen molar-refractivity contribution in [3.8, 4) is 0 Å². The van der Waals surface area contributed by atoms with Crippen molar-refractivity contribution in [1.29, 1.82) is 0 Å². The van der Waals surface area contributed by atoms with Gasteiger partial charge in [0.05, 0.1) is 4.92 Å². The summed E-state index contributed by atoms with van der Waals surface area (Å²) >= 11 is 1.32. The molecule has 0 aliphatic rings. The minimum atomic E-state index is -0.466. The van der Waals surface area contributed by atoms with Gasteiger partial charge in [-0.1, -0.05) is 11.8 Å². The molecule has 1 rings (SSSR count). The number of aryl methyl sites for hydroxylation is 1. The van der Waals surface area contributed by atoms with E-state index in [4.69, 9.17) is 5.73 Å². The van der Waals surface area contributed by atoms with Crippen LogP contribution in [0.25, 0.3) is 0 Å². The summed E-state index contributed by atoms with van der Waals surface area (Å²) in [5.41, 5.74) is 5.74. The summed E-state index contributed by atoms with van der Waals surface area (Å²) in [5.74, 6) is 0.782. The van der Waals surface area contributed by atoms with Crippen molar-refractivity contribution < 1.29 is 4.92 Å². The number of aromatic nitrogens is 2. The summed E-state index contributed by atoms with van der Waals surface area (Å²) in [5, 5.41) is 11.2. The zero-order valence-corrected chi connectivity index (χ0v) is 10.8. The van der Waals surface area contributed by atoms with Gasteiger partial charge < -0.3 is 10.6 Å². The highest BCUT2D eigenvalue weighted by molar-refractivity contribution is 7.99. The molecule has 0 atom stereocenters. The van der Waals surface area contributed by atoms with Crippen LogP contribution in [0.4, 0.5) is 11.6 Å². The van der Waals surface area contributed by atoms with E-state index in [-0.39, 0.29) is 11.6 Å². The van der Waals surface area contributed by atoms with Crippen molar-refractivity contribution in [2.45, 2.75) is 11.9 Å². The van der Waals surface area contributed by atoms with Crippen molar-refractivity contribution in [2.24, 2.45) is 0 Å². The molecular weight excluding hydrogens is 242 g/mol. The van der Waals surface area contributed by atoms with Crippen LogP contribution in [0.3, 0.4) is 0 Å². The predicted molar refractivity (Wildman–Crippen MR) is 67.1 cm³/mol. The average Bonchev–Trinajstić information content (AvgIpc) is 2.14. The summed E-state index contributed by atoms with van der Waals surface area (Å²) in [6.07, 6.45) is 0. The van der Waals surface area contributed by atoms with E-state index in [1.807, 2.05) is 19.0 Å². The first kappa shape index (κ1) is 13.7. The van der Waals surface area contributed by atoms with Crippen molar-refractivity contribution in [1.82, 2.24) is 14.9 Å². The van der Waals surface area contributed by atoms with Crippen LogP contribution in [-0.2, 0) is 0 Å². The first-order valence-electron chi connectivity index (χ1n) is 4.98. The van der Waals surface area contributed by atoms with Crippen molar-refractivity contribution in [3.63, 3.8) is 0 Å². The highest BCUT2D eigenvalue weighted by atomic mass is 32.2. The number of rotatable bonds is 5. The molecule has 2 N–H and O–H groups in total. The number of nitrogens with two attached hydrogens (primary N) is 1. The highest BCUT2D eigenvalue weighted by Gasteiger charge is 2.21. The Morgan fingerprint density at radius 3 is 2.65 bits per heavy atom. The van der Waals surface area contributed by atoms with Crippen LogP contribution >= 0.6 is 11.8 Å². The minimum Gasteiger partial charge on any atom is -0.368 e. The molecule has 7 nitrogen and oxygen atoms in total. The largest absolute Gasteiger partial charge is 0.368 e. The third-order valence-electron chi connectivity index (χ3n) is 2.00. The Bertz CT molecular complexity index is 424. The predicted octanol–water partition coefficient (Wildman–Crippen LogP) is 0.929. The number of nitrogen functional groups attached to an aromatic ring is 1. The molecule has 0 bridgehead atoms. The summed E-state index contributed by atoms with van der Waals surface area (Å²) in [6, 6.07) is 0. The second-order valence-corrected chi connectivity index (χ2v) is 4.81. The van der Waals surface area contributed by atoms with Crippen LogP contribution in [0.5, 0.6) is 0 Å². The fraction of sp³-hybridized carbons (Fsp3) is 0.556. The third kappa shape index (κ3) is 3.82. The number of hydrogen-bond donors (Lipinski definition) is 1. The molecule has 0 aliphatic carbocycles. The fourth-order valence-electron chi connectivity index (χ4n) is 1.20. The van der Waals surface area contributed by atoms with E-state index in [0.29, 0.717) is 16.5 Å². The number of hydrogen-bond acceptors (Lipinski definition) is 7. The Morgan fingerprint density at radius 2 is 2.12 bits per heavy atom. The average molecular weight is 257 g/mol. The molecule has 1 heterocycles. The molecule has 0 fully saturated rings. The van der Waals surface area contributed by atoms with Gasteiger partial charge in [0.15, 0.2) is 5.03 Å². The van der Waals surface area contributed by atoms with Crippen LogP contribution in [0.2, 0.25) is 0 Å². The molecule has 0 amide bonds. The van der Waals surface area contributed by atoms with Gasteiger partial charge in [0, 0.05) is 12.3 Å². The Morgan fingerprint density at radius 1 is 1.47 bits per heavy atom. The second kappa shape index (κ2) is 5.78. The normalized spacial score (nSPS) is 10.8. The zero-order valence-electron chi connectivity index (χ0n) is 10.0. The van der Waals surface area contributed by atoms with Crippen LogP contribution in [-0.4, -0.2) is 46.2 Å². The lowest BCUT2D eigenvalue weighted by molar-refractivity contribution is -0.389. The molecule has 8 heteroatoms. The Kier molecular flexibility index (Phi) is 4.64. The van der Waals surface area contributed by atoms with Gasteiger partial charge >= 0.3 is 5.69 Å². The third-order valence-corrected chi connectivity index (χ3v) is 2.95. The first-order chi connectivity index (χ1) is 7.91. The molecular formula is C9H15N5O2S. The van der Waals surface area contributed by atoms with E-state index in [9.17, 15) is 10.1 Å². The van der Waals surface area contributed by atoms with Crippen LogP contribution in [0.1, 0.15) is 5.69 Å². The molecule has 0 aromatic carbocycles. The van der Waals surface area contributed by atoms with Gasteiger partial charge in [-0.3, -0.25) is 10.1 Å². The number of thioether (sulfide) groups is 1. The topological polar surface area (TPSA) is 98.2 Å². The van der Waals surface area contributed by atoms with E-state index in [0.717, 1.165) is 6.54 Å². The molecule has 0 saturated heterocycles. The quantitative estimate of drug-likeness (QED) is 0.362. The second-order valence-electron chi connectivity index (χ2n) is 3.73. The maximum atomic E-state index is 10.9. The van der Waals surface area contributed by atoms with Gasteiger partial charge in [-0.15, -0.1) is 0 Å². The van der Waals surface area contributed by atoms with Gasteiger partial charge in [0.25, 0.3) is 0 Å². The molecule has 0 saturated carbocycles. The first-order valence-corrected chi connectivity index (χ1v) is 5.96. The fourth-order valence-corrected chi connectivity index (χ4v) is 2.36. The highest BCUT2D eigenvalue weighted by Crippen LogP contribution is 2.29.